The summed E-state index contributed by atoms with van der Waals surface area (Å²) >= 11 is 3.38. The van der Waals surface area contributed by atoms with Gasteiger partial charge < -0.3 is 5.11 Å². The number of aliphatic hydroxyl groups is 1. The molecule has 3 aromatic heterocycles. The molecule has 4 aromatic rings. The molecule has 0 bridgehead atoms. The monoisotopic (exact) mass is 311 g/mol. The second-order valence-corrected chi connectivity index (χ2v) is 7.08. The summed E-state index contributed by atoms with van der Waals surface area (Å²) in [6.07, 6.45) is 0.0711. The van der Waals surface area contributed by atoms with Crippen LogP contribution < -0.4 is 0 Å². The van der Waals surface area contributed by atoms with Gasteiger partial charge in [-0.15, -0.1) is 22.7 Å². The minimum atomic E-state index is -0.483. The Balaban J connectivity index is 1.62. The summed E-state index contributed by atoms with van der Waals surface area (Å²) < 4.78 is 2.50. The van der Waals surface area contributed by atoms with Gasteiger partial charge in [-0.2, -0.15) is 0 Å². The van der Waals surface area contributed by atoms with Crippen LogP contribution in [0, 0.1) is 0 Å². The van der Waals surface area contributed by atoms with Crippen molar-refractivity contribution in [1.29, 1.82) is 0 Å². The molecule has 21 heavy (non-hydrogen) atoms. The first-order chi connectivity index (χ1) is 10.3. The predicted octanol–water partition coefficient (Wildman–Crippen LogP) is 4.79. The third-order valence-electron chi connectivity index (χ3n) is 3.55. The number of nitrogens with zero attached hydrogens (tertiary/aromatic N) is 1. The Bertz CT molecular complexity index is 881. The quantitative estimate of drug-likeness (QED) is 0.590. The number of fused-ring (bicyclic) bond motifs is 2. The van der Waals surface area contributed by atoms with Crippen LogP contribution in [0.15, 0.2) is 53.9 Å². The third-order valence-corrected chi connectivity index (χ3v) is 5.74. The van der Waals surface area contributed by atoms with Crippen molar-refractivity contribution in [3.05, 3.63) is 64.5 Å². The van der Waals surface area contributed by atoms with Crippen molar-refractivity contribution in [3.63, 3.8) is 0 Å². The maximum Gasteiger partial charge on any atom is 0.0937 e. The molecule has 0 radical (unpaired) electrons. The molecule has 1 unspecified atom stereocenters. The van der Waals surface area contributed by atoms with Crippen LogP contribution in [0.3, 0.4) is 0 Å². The summed E-state index contributed by atoms with van der Waals surface area (Å²) in [5.41, 5.74) is 1.91. The molecule has 0 aliphatic rings. The van der Waals surface area contributed by atoms with Gasteiger partial charge in [0.05, 0.1) is 11.6 Å². The Morgan fingerprint density at radius 3 is 2.86 bits per heavy atom. The number of aromatic nitrogens is 1. The van der Waals surface area contributed by atoms with E-state index in [0.29, 0.717) is 6.42 Å². The number of para-hydroxylation sites is 1. The second-order valence-electron chi connectivity index (χ2n) is 5.01. The van der Waals surface area contributed by atoms with E-state index in [2.05, 4.69) is 34.6 Å². The van der Waals surface area contributed by atoms with Gasteiger partial charge in [0.1, 0.15) is 0 Å². The molecule has 3 heterocycles. The molecule has 1 atom stereocenters. The van der Waals surface area contributed by atoms with E-state index in [0.717, 1.165) is 21.5 Å². The number of aliphatic hydroxyl groups excluding tert-OH is 1. The topological polar surface area (TPSA) is 33.1 Å². The lowest BCUT2D eigenvalue weighted by Crippen LogP contribution is -2.01. The lowest BCUT2D eigenvalue weighted by molar-refractivity contribution is 0.181. The van der Waals surface area contributed by atoms with E-state index in [4.69, 9.17) is 0 Å². The highest BCUT2D eigenvalue weighted by atomic mass is 32.1. The minimum absolute atomic E-state index is 0.483. The Hall–Kier alpha value is -1.75. The van der Waals surface area contributed by atoms with E-state index in [9.17, 15) is 5.11 Å². The fraction of sp³-hybridized carbons (Fsp3) is 0.118. The van der Waals surface area contributed by atoms with E-state index in [1.807, 2.05) is 24.3 Å². The first-order valence-electron chi connectivity index (χ1n) is 6.79. The van der Waals surface area contributed by atoms with E-state index in [1.165, 1.54) is 9.40 Å². The zero-order chi connectivity index (χ0) is 14.2. The van der Waals surface area contributed by atoms with Gasteiger partial charge in [-0.05, 0) is 29.6 Å². The summed E-state index contributed by atoms with van der Waals surface area (Å²) in [6.45, 7) is 0. The zero-order valence-electron chi connectivity index (χ0n) is 11.2. The number of thiophene rings is 2. The minimum Gasteiger partial charge on any atom is -0.387 e. The number of rotatable bonds is 3. The molecule has 1 aromatic carbocycles. The first-order valence-corrected chi connectivity index (χ1v) is 8.49. The molecule has 2 nitrogen and oxygen atoms in total. The highest BCUT2D eigenvalue weighted by Crippen LogP contribution is 2.34. The molecule has 4 rings (SSSR count). The molecule has 1 N–H and O–H groups in total. The van der Waals surface area contributed by atoms with Gasteiger partial charge in [0.25, 0.3) is 0 Å². The Morgan fingerprint density at radius 2 is 1.95 bits per heavy atom. The molecule has 0 fully saturated rings. The van der Waals surface area contributed by atoms with Crippen molar-refractivity contribution in [2.24, 2.45) is 0 Å². The number of pyridine rings is 1. The number of benzene rings is 1. The highest BCUT2D eigenvalue weighted by Gasteiger charge is 2.13. The van der Waals surface area contributed by atoms with E-state index >= 15 is 0 Å². The normalized spacial score (nSPS) is 13.0. The van der Waals surface area contributed by atoms with Crippen molar-refractivity contribution in [2.45, 2.75) is 12.5 Å². The van der Waals surface area contributed by atoms with Gasteiger partial charge in [0.15, 0.2) is 0 Å². The van der Waals surface area contributed by atoms with Crippen LogP contribution in [0.4, 0.5) is 0 Å². The summed E-state index contributed by atoms with van der Waals surface area (Å²) in [6, 6.07) is 16.3. The molecule has 0 saturated heterocycles. The summed E-state index contributed by atoms with van der Waals surface area (Å²) in [7, 11) is 0. The van der Waals surface area contributed by atoms with Crippen molar-refractivity contribution in [3.8, 4) is 0 Å². The van der Waals surface area contributed by atoms with Crippen LogP contribution in [0.2, 0.25) is 0 Å². The molecular weight excluding hydrogens is 298 g/mol. The maximum atomic E-state index is 10.4. The van der Waals surface area contributed by atoms with Crippen molar-refractivity contribution in [2.75, 3.05) is 0 Å². The maximum absolute atomic E-state index is 10.4. The average molecular weight is 311 g/mol. The smallest absolute Gasteiger partial charge is 0.0937 e. The fourth-order valence-electron chi connectivity index (χ4n) is 2.47. The summed E-state index contributed by atoms with van der Waals surface area (Å²) in [4.78, 5) is 5.65. The van der Waals surface area contributed by atoms with Crippen LogP contribution >= 0.6 is 22.7 Å². The summed E-state index contributed by atoms with van der Waals surface area (Å²) in [5.74, 6) is 0. The van der Waals surface area contributed by atoms with Gasteiger partial charge in [0, 0.05) is 31.8 Å². The van der Waals surface area contributed by atoms with Crippen LogP contribution in [-0.4, -0.2) is 10.1 Å². The third kappa shape index (κ3) is 2.46. The van der Waals surface area contributed by atoms with Gasteiger partial charge in [0.2, 0.25) is 0 Å². The number of hydrogen-bond donors (Lipinski definition) is 1. The van der Waals surface area contributed by atoms with Crippen LogP contribution in [0.1, 0.15) is 16.7 Å². The Morgan fingerprint density at radius 1 is 1.05 bits per heavy atom. The predicted molar refractivity (Wildman–Crippen MR) is 90.1 cm³/mol. The molecular formula is C17H13NOS2. The van der Waals surface area contributed by atoms with Crippen molar-refractivity contribution < 1.29 is 5.11 Å². The Labute approximate surface area is 130 Å². The van der Waals surface area contributed by atoms with Gasteiger partial charge in [-0.3, -0.25) is 4.98 Å². The van der Waals surface area contributed by atoms with Crippen molar-refractivity contribution in [1.82, 2.24) is 4.98 Å². The van der Waals surface area contributed by atoms with Gasteiger partial charge in [-0.1, -0.05) is 24.3 Å². The summed E-state index contributed by atoms with van der Waals surface area (Å²) in [5, 5.41) is 13.7. The lowest BCUT2D eigenvalue weighted by Gasteiger charge is -2.08. The van der Waals surface area contributed by atoms with E-state index < -0.39 is 6.10 Å². The number of hydrogen-bond acceptors (Lipinski definition) is 4. The SMILES string of the molecule is OC(Cc1ccc2ccccc2n1)c1cc2sccc2s1. The first kappa shape index (κ1) is 13.0. The molecule has 104 valence electrons. The van der Waals surface area contributed by atoms with E-state index in [-0.39, 0.29) is 0 Å². The van der Waals surface area contributed by atoms with E-state index in [1.54, 1.807) is 22.7 Å². The van der Waals surface area contributed by atoms with Crippen LogP contribution in [0.5, 0.6) is 0 Å². The molecule has 0 aliphatic carbocycles. The van der Waals surface area contributed by atoms with Crippen molar-refractivity contribution >= 4 is 43.0 Å². The highest BCUT2D eigenvalue weighted by molar-refractivity contribution is 7.26. The molecule has 0 amide bonds. The zero-order valence-corrected chi connectivity index (χ0v) is 12.8. The second kappa shape index (κ2) is 5.22. The molecule has 0 spiro atoms. The van der Waals surface area contributed by atoms with Crippen LogP contribution in [-0.2, 0) is 6.42 Å². The molecule has 0 saturated carbocycles. The average Bonchev–Trinajstić information content (AvgIpc) is 3.08. The molecule has 0 aliphatic heterocycles. The largest absolute Gasteiger partial charge is 0.387 e. The molecule has 4 heteroatoms. The Kier molecular flexibility index (Phi) is 3.22. The van der Waals surface area contributed by atoms with Crippen LogP contribution in [0.25, 0.3) is 20.3 Å². The van der Waals surface area contributed by atoms with Gasteiger partial charge in [-0.25, -0.2) is 0 Å². The fourth-order valence-corrected chi connectivity index (χ4v) is 4.57. The standard InChI is InChI=1S/C17H13NOS2/c19-14(16-10-17-15(21-16)7-8-20-17)9-12-6-5-11-3-1-2-4-13(11)18-12/h1-8,10,14,19H,9H2. The lowest BCUT2D eigenvalue weighted by atomic mass is 10.1. The van der Waals surface area contributed by atoms with Gasteiger partial charge >= 0.3 is 0 Å².